The van der Waals surface area contributed by atoms with Crippen LogP contribution in [0, 0.1) is 0 Å². The summed E-state index contributed by atoms with van der Waals surface area (Å²) in [6.07, 6.45) is 0. The Labute approximate surface area is 158 Å². The van der Waals surface area contributed by atoms with Gasteiger partial charge in [-0.15, -0.1) is 0 Å². The monoisotopic (exact) mass is 403 g/mol. The lowest BCUT2D eigenvalue weighted by atomic mass is 10.2. The van der Waals surface area contributed by atoms with E-state index in [-0.39, 0.29) is 26.6 Å². The Morgan fingerprint density at radius 3 is 2.56 bits per heavy atom. The van der Waals surface area contributed by atoms with Crippen LogP contribution in [-0.4, -0.2) is 30.5 Å². The number of hydrogen-bond acceptors (Lipinski definition) is 5. The van der Waals surface area contributed by atoms with E-state index in [0.29, 0.717) is 5.75 Å². The summed E-state index contributed by atoms with van der Waals surface area (Å²) in [5.74, 6) is -0.858. The molecule has 10 heteroatoms. The van der Waals surface area contributed by atoms with Crippen molar-refractivity contribution in [2.45, 2.75) is 0 Å². The number of rotatable bonds is 5. The highest BCUT2D eigenvalue weighted by molar-refractivity contribution is 6.42. The highest BCUT2D eigenvalue weighted by Gasteiger charge is 2.14. The third-order valence-electron chi connectivity index (χ3n) is 2.86. The van der Waals surface area contributed by atoms with Crippen LogP contribution in [0.5, 0.6) is 11.6 Å². The second kappa shape index (κ2) is 8.75. The fourth-order valence-electron chi connectivity index (χ4n) is 1.73. The van der Waals surface area contributed by atoms with Crippen LogP contribution < -0.4 is 20.3 Å². The summed E-state index contributed by atoms with van der Waals surface area (Å²) >= 11 is 17.4. The quantitative estimate of drug-likeness (QED) is 0.591. The maximum Gasteiger partial charge on any atom is 0.276 e. The summed E-state index contributed by atoms with van der Waals surface area (Å²) in [7, 11) is 1.44. The number of carbonyl (C=O) groups excluding carboxylic acids is 2. The van der Waals surface area contributed by atoms with Gasteiger partial charge in [0.1, 0.15) is 10.8 Å². The molecule has 0 aliphatic heterocycles. The Kier molecular flexibility index (Phi) is 6.69. The molecule has 7 nitrogen and oxygen atoms in total. The minimum absolute atomic E-state index is 0.00838. The van der Waals surface area contributed by atoms with E-state index < -0.39 is 18.4 Å². The van der Waals surface area contributed by atoms with Gasteiger partial charge in [-0.25, -0.2) is 0 Å². The van der Waals surface area contributed by atoms with Gasteiger partial charge in [0.05, 0.1) is 17.7 Å². The first-order chi connectivity index (χ1) is 11.9. The lowest BCUT2D eigenvalue weighted by Crippen LogP contribution is -2.44. The molecule has 0 saturated heterocycles. The predicted octanol–water partition coefficient (Wildman–Crippen LogP) is 2.89. The molecule has 132 valence electrons. The Morgan fingerprint density at radius 2 is 1.84 bits per heavy atom. The molecule has 0 saturated carbocycles. The molecule has 0 fully saturated rings. The summed E-state index contributed by atoms with van der Waals surface area (Å²) in [5.41, 5.74) is 4.71. The average molecular weight is 405 g/mol. The van der Waals surface area contributed by atoms with E-state index >= 15 is 0 Å². The minimum Gasteiger partial charge on any atom is -0.496 e. The summed E-state index contributed by atoms with van der Waals surface area (Å²) in [5, 5.41) is 0.249. The zero-order valence-electron chi connectivity index (χ0n) is 12.8. The molecule has 2 N–H and O–H groups in total. The van der Waals surface area contributed by atoms with Gasteiger partial charge in [0.15, 0.2) is 11.8 Å². The largest absolute Gasteiger partial charge is 0.496 e. The van der Waals surface area contributed by atoms with Crippen LogP contribution in [0.2, 0.25) is 15.2 Å². The summed E-state index contributed by atoms with van der Waals surface area (Å²) in [6.45, 7) is -0.448. The number of nitrogens with one attached hydrogen (secondary N) is 2. The van der Waals surface area contributed by atoms with Crippen molar-refractivity contribution < 1.29 is 19.1 Å². The van der Waals surface area contributed by atoms with Crippen molar-refractivity contribution >= 4 is 46.6 Å². The molecule has 0 atom stereocenters. The van der Waals surface area contributed by atoms with Gasteiger partial charge in [-0.1, -0.05) is 46.9 Å². The number of methoxy groups -OCH3 is 1. The van der Waals surface area contributed by atoms with E-state index in [1.54, 1.807) is 24.3 Å². The number of ether oxygens (including phenoxy) is 2. The second-order valence-corrected chi connectivity index (χ2v) is 5.71. The van der Waals surface area contributed by atoms with Crippen molar-refractivity contribution in [1.82, 2.24) is 15.8 Å². The third-order valence-corrected chi connectivity index (χ3v) is 3.81. The van der Waals surface area contributed by atoms with Crippen LogP contribution >= 0.6 is 34.8 Å². The number of pyridine rings is 1. The van der Waals surface area contributed by atoms with E-state index in [1.807, 2.05) is 0 Å². The van der Waals surface area contributed by atoms with E-state index in [9.17, 15) is 9.59 Å². The highest BCUT2D eigenvalue weighted by Crippen LogP contribution is 2.30. The second-order valence-electron chi connectivity index (χ2n) is 4.54. The molecule has 25 heavy (non-hydrogen) atoms. The number of amides is 2. The minimum atomic E-state index is -0.632. The van der Waals surface area contributed by atoms with Gasteiger partial charge < -0.3 is 9.47 Å². The zero-order chi connectivity index (χ0) is 18.4. The zero-order valence-corrected chi connectivity index (χ0v) is 15.1. The van der Waals surface area contributed by atoms with E-state index in [4.69, 9.17) is 44.3 Å². The number of carbonyl (C=O) groups is 2. The van der Waals surface area contributed by atoms with Gasteiger partial charge in [0.25, 0.3) is 11.8 Å². The van der Waals surface area contributed by atoms with Crippen molar-refractivity contribution in [2.75, 3.05) is 13.7 Å². The van der Waals surface area contributed by atoms with Crippen LogP contribution in [0.1, 0.15) is 10.4 Å². The standard InChI is InChI=1S/C15H12Cl3N3O4/c1-24-11-5-3-2-4-8(11)14(23)21-20-12(22)7-25-15-10(17)6-9(16)13(18)19-15/h2-6H,7H2,1H3,(H,20,22)(H,21,23). The van der Waals surface area contributed by atoms with Gasteiger partial charge in [-0.05, 0) is 18.2 Å². The Hall–Kier alpha value is -2.22. The number of aromatic nitrogens is 1. The lowest BCUT2D eigenvalue weighted by Gasteiger charge is -2.11. The van der Waals surface area contributed by atoms with Gasteiger partial charge in [0, 0.05) is 0 Å². The van der Waals surface area contributed by atoms with Crippen LogP contribution in [0.3, 0.4) is 0 Å². The number of nitrogens with zero attached hydrogens (tertiary/aromatic N) is 1. The normalized spacial score (nSPS) is 10.1. The van der Waals surface area contributed by atoms with E-state index in [2.05, 4.69) is 15.8 Å². The molecule has 0 aliphatic carbocycles. The van der Waals surface area contributed by atoms with Crippen molar-refractivity contribution in [3.63, 3.8) is 0 Å². The molecule has 1 aromatic carbocycles. The van der Waals surface area contributed by atoms with E-state index in [0.717, 1.165) is 0 Å². The molecule has 1 aromatic heterocycles. The molecule has 0 unspecified atom stereocenters. The first-order valence-electron chi connectivity index (χ1n) is 6.79. The smallest absolute Gasteiger partial charge is 0.276 e. The molecule has 1 heterocycles. The first-order valence-corrected chi connectivity index (χ1v) is 7.92. The fraction of sp³-hybridized carbons (Fsp3) is 0.133. The first kappa shape index (κ1) is 19.1. The molecule has 0 aliphatic rings. The summed E-state index contributed by atoms with van der Waals surface area (Å²) in [4.78, 5) is 27.6. The van der Waals surface area contributed by atoms with Crippen molar-refractivity contribution in [1.29, 1.82) is 0 Å². The number of hydrogen-bond donors (Lipinski definition) is 2. The van der Waals surface area contributed by atoms with Crippen LogP contribution in [0.4, 0.5) is 0 Å². The molecular weight excluding hydrogens is 393 g/mol. The Morgan fingerprint density at radius 1 is 1.12 bits per heavy atom. The van der Waals surface area contributed by atoms with Gasteiger partial charge >= 0.3 is 0 Å². The molecule has 2 amide bonds. The number of para-hydroxylation sites is 1. The van der Waals surface area contributed by atoms with Crippen LogP contribution in [-0.2, 0) is 4.79 Å². The lowest BCUT2D eigenvalue weighted by molar-refractivity contribution is -0.123. The van der Waals surface area contributed by atoms with Crippen molar-refractivity contribution in [2.24, 2.45) is 0 Å². The Bertz CT molecular complexity index is 802. The number of benzene rings is 1. The highest BCUT2D eigenvalue weighted by atomic mass is 35.5. The maximum absolute atomic E-state index is 12.0. The molecule has 2 aromatic rings. The van der Waals surface area contributed by atoms with Crippen LogP contribution in [0.15, 0.2) is 30.3 Å². The maximum atomic E-state index is 12.0. The average Bonchev–Trinajstić information content (AvgIpc) is 2.61. The summed E-state index contributed by atoms with van der Waals surface area (Å²) in [6, 6.07) is 7.90. The third kappa shape index (κ3) is 5.12. The van der Waals surface area contributed by atoms with Gasteiger partial charge in [-0.2, -0.15) is 4.98 Å². The molecular formula is C15H12Cl3N3O4. The molecule has 0 spiro atoms. The molecule has 2 rings (SSSR count). The SMILES string of the molecule is COc1ccccc1C(=O)NNC(=O)COc1nc(Cl)c(Cl)cc1Cl. The topological polar surface area (TPSA) is 89.6 Å². The summed E-state index contributed by atoms with van der Waals surface area (Å²) < 4.78 is 10.2. The van der Waals surface area contributed by atoms with Crippen molar-refractivity contribution in [3.8, 4) is 11.6 Å². The van der Waals surface area contributed by atoms with Gasteiger partial charge in [0.2, 0.25) is 5.88 Å². The van der Waals surface area contributed by atoms with Crippen molar-refractivity contribution in [3.05, 3.63) is 51.1 Å². The van der Waals surface area contributed by atoms with Gasteiger partial charge in [-0.3, -0.25) is 20.4 Å². The number of hydrazine groups is 1. The fourth-order valence-corrected chi connectivity index (χ4v) is 2.27. The number of halogens is 3. The Balaban J connectivity index is 1.89. The predicted molar refractivity (Wildman–Crippen MR) is 93.4 cm³/mol. The molecule has 0 bridgehead atoms. The molecule has 0 radical (unpaired) electrons. The van der Waals surface area contributed by atoms with E-state index in [1.165, 1.54) is 13.2 Å². The van der Waals surface area contributed by atoms with Crippen LogP contribution in [0.25, 0.3) is 0 Å².